The number of carboxylic acid groups (broad SMARTS) is 1. The Kier molecular flexibility index (Phi) is 5.07. The van der Waals surface area contributed by atoms with Crippen LogP contribution >= 0.6 is 0 Å². The van der Waals surface area contributed by atoms with E-state index in [2.05, 4.69) is 11.1 Å². The van der Waals surface area contributed by atoms with Crippen LogP contribution in [0.1, 0.15) is 18.1 Å². The van der Waals surface area contributed by atoms with Crippen molar-refractivity contribution in [3.8, 4) is 6.07 Å². The number of aromatic nitrogens is 1. The van der Waals surface area contributed by atoms with Crippen molar-refractivity contribution in [1.82, 2.24) is 4.98 Å². The molecule has 0 fully saturated rings. The van der Waals surface area contributed by atoms with E-state index in [1.165, 1.54) is 6.08 Å². The number of aryl methyl sites for hydroxylation is 1. The van der Waals surface area contributed by atoms with Gasteiger partial charge in [0.05, 0.1) is 12.0 Å². The van der Waals surface area contributed by atoms with E-state index >= 15 is 0 Å². The van der Waals surface area contributed by atoms with Crippen molar-refractivity contribution < 1.29 is 9.90 Å². The monoisotopic (exact) mass is 259 g/mol. The van der Waals surface area contributed by atoms with E-state index in [-0.39, 0.29) is 5.92 Å². The van der Waals surface area contributed by atoms with Gasteiger partial charge in [-0.05, 0) is 37.1 Å². The Morgan fingerprint density at radius 1 is 1.68 bits per heavy atom. The molecule has 0 saturated carbocycles. The number of pyridine rings is 1. The largest absolute Gasteiger partial charge is 0.478 e. The molecule has 0 bridgehead atoms. The van der Waals surface area contributed by atoms with Crippen LogP contribution in [0.3, 0.4) is 0 Å². The van der Waals surface area contributed by atoms with Crippen LogP contribution in [-0.4, -0.2) is 29.7 Å². The first-order valence-electron chi connectivity index (χ1n) is 5.92. The summed E-state index contributed by atoms with van der Waals surface area (Å²) in [6, 6.07) is 4.05. The molecule has 0 radical (unpaired) electrons. The van der Waals surface area contributed by atoms with Crippen molar-refractivity contribution >= 4 is 17.9 Å². The van der Waals surface area contributed by atoms with Crippen molar-refractivity contribution in [2.75, 3.05) is 18.5 Å². The maximum Gasteiger partial charge on any atom is 0.328 e. The Morgan fingerprint density at radius 2 is 2.37 bits per heavy atom. The number of carbonyl (C=O) groups is 1. The van der Waals surface area contributed by atoms with E-state index in [4.69, 9.17) is 10.4 Å². The fraction of sp³-hybridized carbons (Fsp3) is 0.357. The van der Waals surface area contributed by atoms with Gasteiger partial charge in [-0.25, -0.2) is 9.78 Å². The van der Waals surface area contributed by atoms with Gasteiger partial charge in [0.2, 0.25) is 0 Å². The number of hydrogen-bond donors (Lipinski definition) is 1. The number of rotatable bonds is 5. The minimum atomic E-state index is -0.985. The smallest absolute Gasteiger partial charge is 0.328 e. The molecular weight excluding hydrogens is 242 g/mol. The highest BCUT2D eigenvalue weighted by atomic mass is 16.4. The van der Waals surface area contributed by atoms with Gasteiger partial charge in [0.25, 0.3) is 0 Å². The summed E-state index contributed by atoms with van der Waals surface area (Å²) in [6.45, 7) is 4.37. The van der Waals surface area contributed by atoms with E-state index < -0.39 is 5.97 Å². The summed E-state index contributed by atoms with van der Waals surface area (Å²) in [5, 5.41) is 17.4. The number of nitrogens with zero attached hydrogens (tertiary/aromatic N) is 3. The Balaban J connectivity index is 2.88. The van der Waals surface area contributed by atoms with Crippen LogP contribution in [-0.2, 0) is 4.79 Å². The van der Waals surface area contributed by atoms with Crippen molar-refractivity contribution in [3.63, 3.8) is 0 Å². The average Bonchev–Trinajstić information content (AvgIpc) is 2.35. The Labute approximate surface area is 112 Å². The highest BCUT2D eigenvalue weighted by Crippen LogP contribution is 2.18. The Bertz CT molecular complexity index is 532. The van der Waals surface area contributed by atoms with Crippen LogP contribution in [0, 0.1) is 24.2 Å². The predicted octanol–water partition coefficient (Wildman–Crippen LogP) is 2.08. The third kappa shape index (κ3) is 4.43. The second kappa shape index (κ2) is 6.55. The molecule has 1 unspecified atom stereocenters. The van der Waals surface area contributed by atoms with Crippen LogP contribution in [0.15, 0.2) is 18.3 Å². The van der Waals surface area contributed by atoms with Crippen molar-refractivity contribution in [1.29, 1.82) is 5.26 Å². The van der Waals surface area contributed by atoms with Crippen molar-refractivity contribution in [2.45, 2.75) is 13.8 Å². The van der Waals surface area contributed by atoms with Crippen LogP contribution in [0.4, 0.5) is 5.82 Å². The third-order valence-electron chi connectivity index (χ3n) is 2.62. The summed E-state index contributed by atoms with van der Waals surface area (Å²) in [5.41, 5.74) is 1.69. The Hall–Kier alpha value is -2.35. The standard InChI is InChI=1S/C14H17N3O2/c1-10(7-15)9-17(3)14-11(2)6-12(8-16-14)4-5-13(18)19/h4-6,8,10H,9H2,1-3H3,(H,18,19)/b5-4+. The molecule has 1 aromatic rings. The van der Waals surface area contributed by atoms with Gasteiger partial charge in [-0.1, -0.05) is 0 Å². The summed E-state index contributed by atoms with van der Waals surface area (Å²) in [5.74, 6) is -0.256. The lowest BCUT2D eigenvalue weighted by molar-refractivity contribution is -0.131. The van der Waals surface area contributed by atoms with Gasteiger partial charge < -0.3 is 10.0 Å². The molecule has 19 heavy (non-hydrogen) atoms. The SMILES string of the molecule is Cc1cc(/C=C/C(=O)O)cnc1N(C)CC(C)C#N. The lowest BCUT2D eigenvalue weighted by atomic mass is 10.1. The van der Waals surface area contributed by atoms with E-state index in [9.17, 15) is 4.79 Å². The topological polar surface area (TPSA) is 77.2 Å². The molecule has 0 amide bonds. The number of anilines is 1. The molecular formula is C14H17N3O2. The van der Waals surface area contributed by atoms with Gasteiger partial charge in [0.15, 0.2) is 0 Å². The van der Waals surface area contributed by atoms with Crippen LogP contribution < -0.4 is 4.90 Å². The molecule has 0 saturated heterocycles. The zero-order valence-electron chi connectivity index (χ0n) is 11.3. The maximum absolute atomic E-state index is 10.4. The first-order chi connectivity index (χ1) is 8.93. The van der Waals surface area contributed by atoms with Crippen molar-refractivity contribution in [3.05, 3.63) is 29.5 Å². The fourth-order valence-electron chi connectivity index (χ4n) is 1.79. The summed E-state index contributed by atoms with van der Waals surface area (Å²) in [4.78, 5) is 16.7. The molecule has 0 aliphatic carbocycles. The predicted molar refractivity (Wildman–Crippen MR) is 73.7 cm³/mol. The molecule has 100 valence electrons. The first kappa shape index (κ1) is 14.7. The summed E-state index contributed by atoms with van der Waals surface area (Å²) < 4.78 is 0. The molecule has 1 aromatic heterocycles. The number of aliphatic carboxylic acids is 1. The number of carboxylic acids is 1. The minimum Gasteiger partial charge on any atom is -0.478 e. The second-order valence-corrected chi connectivity index (χ2v) is 4.49. The van der Waals surface area contributed by atoms with Gasteiger partial charge in [-0.3, -0.25) is 0 Å². The number of hydrogen-bond acceptors (Lipinski definition) is 4. The summed E-state index contributed by atoms with van der Waals surface area (Å²) in [6.07, 6.45) is 4.21. The maximum atomic E-state index is 10.4. The van der Waals surface area contributed by atoms with Gasteiger partial charge >= 0.3 is 5.97 Å². The molecule has 0 aliphatic heterocycles. The normalized spacial score (nSPS) is 12.1. The van der Waals surface area contributed by atoms with Crippen molar-refractivity contribution in [2.24, 2.45) is 5.92 Å². The fourth-order valence-corrected chi connectivity index (χ4v) is 1.79. The van der Waals surface area contributed by atoms with Gasteiger partial charge in [0, 0.05) is 25.9 Å². The second-order valence-electron chi connectivity index (χ2n) is 4.49. The zero-order valence-corrected chi connectivity index (χ0v) is 11.3. The number of nitriles is 1. The van der Waals surface area contributed by atoms with Gasteiger partial charge in [0.1, 0.15) is 5.82 Å². The molecule has 0 aliphatic rings. The first-order valence-corrected chi connectivity index (χ1v) is 5.92. The quantitative estimate of drug-likeness (QED) is 0.819. The summed E-state index contributed by atoms with van der Waals surface area (Å²) >= 11 is 0. The zero-order chi connectivity index (χ0) is 14.4. The molecule has 5 heteroatoms. The van der Waals surface area contributed by atoms with Crippen LogP contribution in [0.25, 0.3) is 6.08 Å². The van der Waals surface area contributed by atoms with E-state index in [0.717, 1.165) is 23.0 Å². The average molecular weight is 259 g/mol. The van der Waals surface area contributed by atoms with E-state index in [1.807, 2.05) is 31.9 Å². The Morgan fingerprint density at radius 3 is 2.89 bits per heavy atom. The molecule has 0 aromatic carbocycles. The molecule has 1 heterocycles. The van der Waals surface area contributed by atoms with Gasteiger partial charge in [-0.2, -0.15) is 5.26 Å². The summed E-state index contributed by atoms with van der Waals surface area (Å²) in [7, 11) is 1.88. The molecule has 1 N–H and O–H groups in total. The van der Waals surface area contributed by atoms with E-state index in [1.54, 1.807) is 6.20 Å². The highest BCUT2D eigenvalue weighted by Gasteiger charge is 2.10. The van der Waals surface area contributed by atoms with Gasteiger partial charge in [-0.15, -0.1) is 0 Å². The van der Waals surface area contributed by atoms with Crippen LogP contribution in [0.5, 0.6) is 0 Å². The lowest BCUT2D eigenvalue weighted by Crippen LogP contribution is -2.24. The molecule has 1 rings (SSSR count). The molecule has 0 spiro atoms. The molecule has 5 nitrogen and oxygen atoms in total. The molecule has 1 atom stereocenters. The third-order valence-corrected chi connectivity index (χ3v) is 2.62. The van der Waals surface area contributed by atoms with E-state index in [0.29, 0.717) is 6.54 Å². The van der Waals surface area contributed by atoms with Crippen LogP contribution in [0.2, 0.25) is 0 Å². The highest BCUT2D eigenvalue weighted by molar-refractivity contribution is 5.85. The lowest BCUT2D eigenvalue weighted by Gasteiger charge is -2.21. The minimum absolute atomic E-state index is 0.0715.